The van der Waals surface area contributed by atoms with Crippen molar-refractivity contribution in [1.29, 1.82) is 0 Å². The number of ether oxygens (including phenoxy) is 1. The number of nitrogens with zero attached hydrogens (tertiary/aromatic N) is 1. The Balaban J connectivity index is 1.52. The number of benzene rings is 1. The predicted octanol–water partition coefficient (Wildman–Crippen LogP) is 4.49. The highest BCUT2D eigenvalue weighted by atomic mass is 16.5. The van der Waals surface area contributed by atoms with Crippen molar-refractivity contribution in [2.75, 3.05) is 27.2 Å². The topological polar surface area (TPSA) is 9.23 Å². The van der Waals surface area contributed by atoms with Gasteiger partial charge in [-0.1, -0.05) is 51.1 Å². The zero-order chi connectivity index (χ0) is 16.7. The average molecular weight is 317 g/mol. The molecule has 0 amide bonds. The second kappa shape index (κ2) is 5.89. The Hall–Kier alpha value is -0.860. The number of likely N-dealkylation sites (N-methyl/N-ethyl adjacent to an activating group) is 1. The van der Waals surface area contributed by atoms with Crippen LogP contribution in [0, 0.1) is 16.7 Å². The van der Waals surface area contributed by atoms with Crippen molar-refractivity contribution in [1.82, 2.24) is 0 Å². The lowest BCUT2D eigenvalue weighted by Crippen LogP contribution is -2.43. The Kier molecular flexibility index (Phi) is 4.35. The van der Waals surface area contributed by atoms with E-state index in [1.165, 1.54) is 24.8 Å². The fraction of sp³-hybridized carbons (Fsp3) is 0.714. The Bertz CT molecular complexity index is 536. The van der Waals surface area contributed by atoms with Crippen molar-refractivity contribution in [2.24, 2.45) is 16.7 Å². The summed E-state index contributed by atoms with van der Waals surface area (Å²) < 4.78 is 7.42. The maximum Gasteiger partial charge on any atom is 0.104 e. The van der Waals surface area contributed by atoms with Crippen molar-refractivity contribution in [3.63, 3.8) is 0 Å². The fourth-order valence-electron chi connectivity index (χ4n) is 4.98. The van der Waals surface area contributed by atoms with Gasteiger partial charge >= 0.3 is 0 Å². The maximum atomic E-state index is 6.43. The van der Waals surface area contributed by atoms with Gasteiger partial charge in [0.05, 0.1) is 26.8 Å². The second-order valence-electron chi connectivity index (χ2n) is 9.27. The molecule has 3 rings (SSSR count). The van der Waals surface area contributed by atoms with E-state index in [9.17, 15) is 0 Å². The largest absolute Gasteiger partial charge is 0.372 e. The summed E-state index contributed by atoms with van der Waals surface area (Å²) in [5.74, 6) is 0.865. The third-order valence-electron chi connectivity index (χ3n) is 7.18. The minimum absolute atomic E-state index is 0.383. The van der Waals surface area contributed by atoms with Gasteiger partial charge < -0.3 is 9.22 Å². The van der Waals surface area contributed by atoms with Gasteiger partial charge in [0.2, 0.25) is 0 Å². The van der Waals surface area contributed by atoms with E-state index in [4.69, 9.17) is 4.74 Å². The molecule has 2 aliphatic carbocycles. The summed E-state index contributed by atoms with van der Waals surface area (Å²) in [5, 5.41) is 0. The molecule has 1 aromatic carbocycles. The van der Waals surface area contributed by atoms with Gasteiger partial charge in [-0.15, -0.1) is 0 Å². The normalized spacial score (nSPS) is 32.4. The van der Waals surface area contributed by atoms with E-state index in [0.29, 0.717) is 16.9 Å². The van der Waals surface area contributed by atoms with Gasteiger partial charge in [0.25, 0.3) is 0 Å². The minimum Gasteiger partial charge on any atom is -0.372 e. The summed E-state index contributed by atoms with van der Waals surface area (Å²) in [6.07, 6.45) is 4.49. The van der Waals surface area contributed by atoms with Gasteiger partial charge in [0.15, 0.2) is 0 Å². The summed E-state index contributed by atoms with van der Waals surface area (Å²) in [4.78, 5) is 0. The second-order valence-corrected chi connectivity index (χ2v) is 9.27. The van der Waals surface area contributed by atoms with Crippen molar-refractivity contribution in [2.45, 2.75) is 52.7 Å². The lowest BCUT2D eigenvalue weighted by atomic mass is 9.70. The summed E-state index contributed by atoms with van der Waals surface area (Å²) in [5.41, 5.74) is 2.24. The van der Waals surface area contributed by atoms with E-state index < -0.39 is 0 Å². The van der Waals surface area contributed by atoms with Crippen molar-refractivity contribution < 1.29 is 9.22 Å². The van der Waals surface area contributed by atoms with Crippen LogP contribution in [0.4, 0.5) is 0 Å². The molecule has 0 heterocycles. The molecule has 0 aliphatic heterocycles. The zero-order valence-corrected chi connectivity index (χ0v) is 15.6. The SMILES string of the molecule is CC1(C)[C@H]2CC[C@@]1(C)[C@H](OCC[N+](C)(C)Cc1ccccc1)C2. The summed E-state index contributed by atoms with van der Waals surface area (Å²) in [6.45, 7) is 10.4. The highest BCUT2D eigenvalue weighted by Crippen LogP contribution is 2.66. The van der Waals surface area contributed by atoms with Crippen LogP contribution in [0.2, 0.25) is 0 Å². The number of hydrogen-bond acceptors (Lipinski definition) is 1. The van der Waals surface area contributed by atoms with Gasteiger partial charge in [-0.3, -0.25) is 0 Å². The standard InChI is InChI=1S/C21H34NO/c1-20(2)18-11-12-21(20,3)19(15-18)23-14-13-22(4,5)16-17-9-7-6-8-10-17/h6-10,18-19H,11-16H2,1-5H3/q+1/t18-,19+,21-/m0/s1. The average Bonchev–Trinajstić information content (AvgIpc) is 2.81. The van der Waals surface area contributed by atoms with Crippen LogP contribution in [0.25, 0.3) is 0 Å². The van der Waals surface area contributed by atoms with Crippen molar-refractivity contribution in [3.05, 3.63) is 35.9 Å². The van der Waals surface area contributed by atoms with Crippen LogP contribution in [0.3, 0.4) is 0 Å². The first-order chi connectivity index (χ1) is 10.7. The zero-order valence-electron chi connectivity index (χ0n) is 15.6. The van der Waals surface area contributed by atoms with Gasteiger partial charge in [-0.25, -0.2) is 0 Å². The molecular weight excluding hydrogens is 282 g/mol. The Morgan fingerprint density at radius 2 is 1.83 bits per heavy atom. The van der Waals surface area contributed by atoms with Crippen LogP contribution in [0.15, 0.2) is 30.3 Å². The number of rotatable bonds is 6. The van der Waals surface area contributed by atoms with Gasteiger partial charge in [0, 0.05) is 5.56 Å². The van der Waals surface area contributed by atoms with E-state index >= 15 is 0 Å². The lowest BCUT2D eigenvalue weighted by Gasteiger charge is -2.39. The summed E-state index contributed by atoms with van der Waals surface area (Å²) >= 11 is 0. The molecule has 2 aliphatic rings. The van der Waals surface area contributed by atoms with Gasteiger partial charge in [0.1, 0.15) is 13.1 Å². The predicted molar refractivity (Wildman–Crippen MR) is 96.1 cm³/mol. The minimum atomic E-state index is 0.383. The highest BCUT2D eigenvalue weighted by molar-refractivity contribution is 5.13. The van der Waals surface area contributed by atoms with Gasteiger partial charge in [-0.05, 0) is 36.0 Å². The van der Waals surface area contributed by atoms with Crippen LogP contribution in [0.1, 0.15) is 45.6 Å². The molecule has 0 unspecified atom stereocenters. The molecule has 128 valence electrons. The van der Waals surface area contributed by atoms with Crippen molar-refractivity contribution >= 4 is 0 Å². The number of fused-ring (bicyclic) bond motifs is 2. The number of hydrogen-bond donors (Lipinski definition) is 0. The van der Waals surface area contributed by atoms with Crippen LogP contribution in [-0.4, -0.2) is 37.8 Å². The molecule has 2 heteroatoms. The smallest absolute Gasteiger partial charge is 0.104 e. The van der Waals surface area contributed by atoms with Crippen LogP contribution >= 0.6 is 0 Å². The fourth-order valence-corrected chi connectivity index (χ4v) is 4.98. The molecule has 2 saturated carbocycles. The molecule has 1 aromatic rings. The van der Waals surface area contributed by atoms with Crippen LogP contribution in [0.5, 0.6) is 0 Å². The molecule has 2 bridgehead atoms. The van der Waals surface area contributed by atoms with E-state index in [2.05, 4.69) is 65.2 Å². The molecule has 23 heavy (non-hydrogen) atoms. The third kappa shape index (κ3) is 3.08. The third-order valence-corrected chi connectivity index (χ3v) is 7.18. The van der Waals surface area contributed by atoms with E-state index in [0.717, 1.165) is 30.1 Å². The molecule has 0 aromatic heterocycles. The monoisotopic (exact) mass is 316 g/mol. The molecule has 2 fully saturated rings. The highest BCUT2D eigenvalue weighted by Gasteiger charge is 2.61. The first kappa shape index (κ1) is 17.0. The molecule has 0 saturated heterocycles. The van der Waals surface area contributed by atoms with Crippen LogP contribution in [-0.2, 0) is 11.3 Å². The summed E-state index contributed by atoms with van der Waals surface area (Å²) in [6, 6.07) is 10.8. The summed E-state index contributed by atoms with van der Waals surface area (Å²) in [7, 11) is 4.62. The van der Waals surface area contributed by atoms with E-state index in [1.54, 1.807) is 0 Å². The first-order valence-electron chi connectivity index (χ1n) is 9.22. The lowest BCUT2D eigenvalue weighted by molar-refractivity contribution is -0.904. The van der Waals surface area contributed by atoms with Crippen LogP contribution < -0.4 is 0 Å². The number of quaternary nitrogens is 1. The maximum absolute atomic E-state index is 6.43. The first-order valence-corrected chi connectivity index (χ1v) is 9.22. The van der Waals surface area contributed by atoms with Gasteiger partial charge in [-0.2, -0.15) is 0 Å². The molecule has 2 nitrogen and oxygen atoms in total. The molecule has 0 radical (unpaired) electrons. The quantitative estimate of drug-likeness (QED) is 0.702. The molecule has 3 atom stereocenters. The molecular formula is C21H34NO+. The van der Waals surface area contributed by atoms with E-state index in [1.807, 2.05) is 0 Å². The Labute approximate surface area is 142 Å². The Morgan fingerprint density at radius 1 is 1.13 bits per heavy atom. The Morgan fingerprint density at radius 3 is 2.39 bits per heavy atom. The molecule has 0 N–H and O–H groups in total. The van der Waals surface area contributed by atoms with E-state index in [-0.39, 0.29) is 0 Å². The molecule has 0 spiro atoms. The van der Waals surface area contributed by atoms with Crippen molar-refractivity contribution in [3.8, 4) is 0 Å².